The third-order valence-corrected chi connectivity index (χ3v) is 7.49. The van der Waals surface area contributed by atoms with Gasteiger partial charge in [-0.2, -0.15) is 4.31 Å². The van der Waals surface area contributed by atoms with Crippen molar-refractivity contribution >= 4 is 15.7 Å². The number of hydrogen-bond donors (Lipinski definition) is 0. The summed E-state index contributed by atoms with van der Waals surface area (Å²) < 4.78 is 28.3. The Kier molecular flexibility index (Phi) is 5.37. The van der Waals surface area contributed by atoms with Crippen molar-refractivity contribution in [1.82, 2.24) is 4.31 Å². The third-order valence-electron chi connectivity index (χ3n) is 5.28. The van der Waals surface area contributed by atoms with Gasteiger partial charge in [0.2, 0.25) is 10.0 Å². The van der Waals surface area contributed by atoms with E-state index in [1.165, 1.54) is 5.56 Å². The average Bonchev–Trinajstić information content (AvgIpc) is 2.61. The van der Waals surface area contributed by atoms with Gasteiger partial charge >= 0.3 is 0 Å². The minimum Gasteiger partial charge on any atom is -0.369 e. The normalized spacial score (nSPS) is 16.6. The van der Waals surface area contributed by atoms with Gasteiger partial charge in [0.1, 0.15) is 0 Å². The van der Waals surface area contributed by atoms with E-state index in [2.05, 4.69) is 37.8 Å². The van der Waals surface area contributed by atoms with Crippen molar-refractivity contribution in [3.8, 4) is 0 Å². The zero-order valence-corrected chi connectivity index (χ0v) is 17.8. The van der Waals surface area contributed by atoms with E-state index in [-0.39, 0.29) is 5.41 Å². The Morgan fingerprint density at radius 2 is 1.37 bits per heavy atom. The smallest absolute Gasteiger partial charge is 0.243 e. The molecule has 1 saturated heterocycles. The molecule has 0 radical (unpaired) electrons. The van der Waals surface area contributed by atoms with Gasteiger partial charge in [-0.15, -0.1) is 0 Å². The third kappa shape index (κ3) is 4.04. The number of nitrogens with zero attached hydrogens (tertiary/aromatic N) is 2. The monoisotopic (exact) mass is 386 g/mol. The SMILES string of the molecule is Cc1cc(C(C)(C)C)cc(C)c1S(=O)(=O)N1CCN(c2ccccc2)CC1. The van der Waals surface area contributed by atoms with Gasteiger partial charge in [0.15, 0.2) is 0 Å². The van der Waals surface area contributed by atoms with E-state index in [0.717, 1.165) is 16.8 Å². The first kappa shape index (κ1) is 19.9. The predicted octanol–water partition coefficient (Wildman–Crippen LogP) is 4.11. The second-order valence-electron chi connectivity index (χ2n) is 8.42. The molecule has 0 N–H and O–H groups in total. The first-order chi connectivity index (χ1) is 12.6. The maximum Gasteiger partial charge on any atom is 0.243 e. The molecule has 0 atom stereocenters. The highest BCUT2D eigenvalue weighted by Gasteiger charge is 2.31. The van der Waals surface area contributed by atoms with Crippen LogP contribution in [0.15, 0.2) is 47.4 Å². The molecule has 2 aromatic rings. The molecule has 1 aliphatic heterocycles. The number of sulfonamides is 1. The zero-order valence-electron chi connectivity index (χ0n) is 17.0. The average molecular weight is 387 g/mol. The molecule has 0 spiro atoms. The van der Waals surface area contributed by atoms with Gasteiger partial charge in [0, 0.05) is 31.9 Å². The Labute approximate surface area is 163 Å². The predicted molar refractivity (Wildman–Crippen MR) is 112 cm³/mol. The van der Waals surface area contributed by atoms with Gasteiger partial charge in [-0.05, 0) is 48.1 Å². The van der Waals surface area contributed by atoms with Crippen LogP contribution in [0.25, 0.3) is 0 Å². The van der Waals surface area contributed by atoms with Gasteiger partial charge in [0.25, 0.3) is 0 Å². The highest BCUT2D eigenvalue weighted by molar-refractivity contribution is 7.89. The Balaban J connectivity index is 1.84. The van der Waals surface area contributed by atoms with Gasteiger partial charge in [-0.1, -0.05) is 51.1 Å². The van der Waals surface area contributed by atoms with Gasteiger partial charge in [0.05, 0.1) is 4.90 Å². The molecule has 5 heteroatoms. The van der Waals surface area contributed by atoms with Crippen molar-refractivity contribution < 1.29 is 8.42 Å². The lowest BCUT2D eigenvalue weighted by Gasteiger charge is -2.36. The molecule has 1 fully saturated rings. The van der Waals surface area contributed by atoms with Gasteiger partial charge < -0.3 is 4.90 Å². The molecule has 4 nitrogen and oxygen atoms in total. The van der Waals surface area contributed by atoms with E-state index < -0.39 is 10.0 Å². The second-order valence-corrected chi connectivity index (χ2v) is 10.3. The van der Waals surface area contributed by atoms with Crippen molar-refractivity contribution in [2.24, 2.45) is 0 Å². The minimum atomic E-state index is -3.48. The van der Waals surface area contributed by atoms with Crippen LogP contribution < -0.4 is 4.90 Å². The van der Waals surface area contributed by atoms with E-state index in [4.69, 9.17) is 0 Å². The Morgan fingerprint density at radius 3 is 1.85 bits per heavy atom. The van der Waals surface area contributed by atoms with Crippen LogP contribution >= 0.6 is 0 Å². The zero-order chi connectivity index (χ0) is 19.8. The van der Waals surface area contributed by atoms with Crippen molar-refractivity contribution in [3.63, 3.8) is 0 Å². The maximum atomic E-state index is 13.3. The Bertz CT molecular complexity index is 884. The summed E-state index contributed by atoms with van der Waals surface area (Å²) in [5.41, 5.74) is 4.00. The standard InChI is InChI=1S/C22H30N2O2S/c1-17-15-19(22(3,4)5)16-18(2)21(17)27(25,26)24-13-11-23(12-14-24)20-9-7-6-8-10-20/h6-10,15-16H,11-14H2,1-5H3. The van der Waals surface area contributed by atoms with E-state index in [0.29, 0.717) is 31.1 Å². The molecular weight excluding hydrogens is 356 g/mol. The first-order valence-electron chi connectivity index (χ1n) is 9.52. The number of piperazine rings is 1. The van der Waals surface area contributed by atoms with Crippen molar-refractivity contribution in [2.45, 2.75) is 44.9 Å². The molecule has 0 aromatic heterocycles. The number of hydrogen-bond acceptors (Lipinski definition) is 3. The Morgan fingerprint density at radius 1 is 0.852 bits per heavy atom. The molecule has 146 valence electrons. The van der Waals surface area contributed by atoms with Crippen molar-refractivity contribution in [1.29, 1.82) is 0 Å². The molecule has 0 unspecified atom stereocenters. The van der Waals surface area contributed by atoms with Gasteiger partial charge in [-0.25, -0.2) is 8.42 Å². The highest BCUT2D eigenvalue weighted by Crippen LogP contribution is 2.31. The number of rotatable bonds is 3. The van der Waals surface area contributed by atoms with E-state index in [1.54, 1.807) is 4.31 Å². The summed E-state index contributed by atoms with van der Waals surface area (Å²) in [6.45, 7) is 12.7. The fourth-order valence-electron chi connectivity index (χ4n) is 3.74. The number of aryl methyl sites for hydroxylation is 2. The molecule has 0 bridgehead atoms. The fourth-order valence-corrected chi connectivity index (χ4v) is 5.58. The summed E-state index contributed by atoms with van der Waals surface area (Å²) in [5, 5.41) is 0. The highest BCUT2D eigenvalue weighted by atomic mass is 32.2. The molecule has 1 aliphatic rings. The molecule has 0 amide bonds. The van der Waals surface area contributed by atoms with Gasteiger partial charge in [-0.3, -0.25) is 0 Å². The maximum absolute atomic E-state index is 13.3. The molecule has 0 saturated carbocycles. The molecule has 1 heterocycles. The minimum absolute atomic E-state index is 0.000872. The lowest BCUT2D eigenvalue weighted by atomic mass is 9.85. The fraction of sp³-hybridized carbons (Fsp3) is 0.455. The molecule has 27 heavy (non-hydrogen) atoms. The number of benzene rings is 2. The van der Waals surface area contributed by atoms with Crippen LogP contribution in [0.5, 0.6) is 0 Å². The summed E-state index contributed by atoms with van der Waals surface area (Å²) in [7, 11) is -3.48. The summed E-state index contributed by atoms with van der Waals surface area (Å²) in [6.07, 6.45) is 0. The first-order valence-corrected chi connectivity index (χ1v) is 11.0. The molecule has 3 rings (SSSR count). The molecule has 0 aliphatic carbocycles. The Hall–Kier alpha value is -1.85. The quantitative estimate of drug-likeness (QED) is 0.797. The largest absolute Gasteiger partial charge is 0.369 e. The number of para-hydroxylation sites is 1. The van der Waals surface area contributed by atoms with Crippen LogP contribution in [-0.4, -0.2) is 38.9 Å². The van der Waals surface area contributed by atoms with Crippen LogP contribution in [0.4, 0.5) is 5.69 Å². The van der Waals surface area contributed by atoms with E-state index in [1.807, 2.05) is 44.2 Å². The summed E-state index contributed by atoms with van der Waals surface area (Å²) in [5.74, 6) is 0. The summed E-state index contributed by atoms with van der Waals surface area (Å²) in [6, 6.07) is 14.2. The van der Waals surface area contributed by atoms with Crippen LogP contribution in [-0.2, 0) is 15.4 Å². The summed E-state index contributed by atoms with van der Waals surface area (Å²) in [4.78, 5) is 2.72. The van der Waals surface area contributed by atoms with Crippen LogP contribution in [0.1, 0.15) is 37.5 Å². The van der Waals surface area contributed by atoms with Crippen LogP contribution in [0.3, 0.4) is 0 Å². The van der Waals surface area contributed by atoms with Crippen LogP contribution in [0.2, 0.25) is 0 Å². The van der Waals surface area contributed by atoms with Crippen molar-refractivity contribution in [2.75, 3.05) is 31.1 Å². The van der Waals surface area contributed by atoms with E-state index >= 15 is 0 Å². The van der Waals surface area contributed by atoms with Crippen LogP contribution in [0, 0.1) is 13.8 Å². The second kappa shape index (κ2) is 7.28. The number of anilines is 1. The summed E-state index contributed by atoms with van der Waals surface area (Å²) >= 11 is 0. The lowest BCUT2D eigenvalue weighted by Crippen LogP contribution is -2.48. The topological polar surface area (TPSA) is 40.6 Å². The van der Waals surface area contributed by atoms with E-state index in [9.17, 15) is 8.42 Å². The lowest BCUT2D eigenvalue weighted by molar-refractivity contribution is 0.384. The molecule has 2 aromatic carbocycles. The van der Waals surface area contributed by atoms with Crippen molar-refractivity contribution in [3.05, 3.63) is 59.2 Å². The molecular formula is C22H30N2O2S.